The van der Waals surface area contributed by atoms with E-state index >= 15 is 0 Å². The van der Waals surface area contributed by atoms with Crippen LogP contribution in [0.3, 0.4) is 0 Å². The number of nitrogens with zero attached hydrogens (tertiary/aromatic N) is 1. The van der Waals surface area contributed by atoms with Crippen LogP contribution in [0.15, 0.2) is 53.1 Å². The molecule has 7 nitrogen and oxygen atoms in total. The van der Waals surface area contributed by atoms with E-state index in [9.17, 15) is 19.6 Å². The number of halogens is 2. The molecule has 1 heterocycles. The number of hydrogen-bond donors (Lipinski definition) is 2. The molecule has 0 unspecified atom stereocenters. The van der Waals surface area contributed by atoms with Crippen molar-refractivity contribution in [3.63, 3.8) is 0 Å². The molecule has 2 atom stereocenters. The zero-order chi connectivity index (χ0) is 24.1. The Morgan fingerprint density at radius 1 is 1.18 bits per heavy atom. The molecule has 1 aliphatic heterocycles. The van der Waals surface area contributed by atoms with Gasteiger partial charge in [-0.25, -0.2) is 0 Å². The van der Waals surface area contributed by atoms with Gasteiger partial charge in [-0.15, -0.1) is 0 Å². The minimum absolute atomic E-state index is 0.0927. The number of allylic oxidation sites excluding steroid dienone is 1. The number of methoxy groups -OCH3 is 1. The van der Waals surface area contributed by atoms with Crippen molar-refractivity contribution in [2.75, 3.05) is 18.2 Å². The molecule has 1 aliphatic rings. The Morgan fingerprint density at radius 2 is 1.88 bits per heavy atom. The standard InChI is InChI=1S/C23H19Cl2N3O4S/c1-12-3-5-13(6-4-12)19-15(10-26)22(28-21(30)20(19)23(31)32-2)33-11-18(29)27-14-7-8-16(24)17(25)9-14/h3-9,19-20H,11H2,1-2H3,(H,27,29)(H,28,30)/t19-,20+/m1/s1. The number of amides is 2. The van der Waals surface area contributed by atoms with Crippen molar-refractivity contribution < 1.29 is 19.1 Å². The van der Waals surface area contributed by atoms with Crippen LogP contribution >= 0.6 is 35.0 Å². The van der Waals surface area contributed by atoms with Crippen LogP contribution in [0.5, 0.6) is 0 Å². The summed E-state index contributed by atoms with van der Waals surface area (Å²) in [5.74, 6) is -3.87. The van der Waals surface area contributed by atoms with Crippen molar-refractivity contribution in [3.05, 3.63) is 74.2 Å². The predicted octanol–water partition coefficient (Wildman–Crippen LogP) is 4.41. The van der Waals surface area contributed by atoms with Crippen LogP contribution in [0.25, 0.3) is 0 Å². The van der Waals surface area contributed by atoms with Gasteiger partial charge in [-0.2, -0.15) is 5.26 Å². The second-order valence-electron chi connectivity index (χ2n) is 7.20. The van der Waals surface area contributed by atoms with Gasteiger partial charge in [0.1, 0.15) is 5.92 Å². The number of carbonyl (C=O) groups excluding carboxylic acids is 3. The molecule has 0 aromatic heterocycles. The van der Waals surface area contributed by atoms with Crippen LogP contribution in [0.2, 0.25) is 10.0 Å². The van der Waals surface area contributed by atoms with Gasteiger partial charge < -0.3 is 15.4 Å². The normalized spacial score (nSPS) is 17.7. The molecule has 0 saturated carbocycles. The van der Waals surface area contributed by atoms with Gasteiger partial charge in [0.05, 0.1) is 39.6 Å². The number of rotatable bonds is 6. The summed E-state index contributed by atoms with van der Waals surface area (Å²) in [6.45, 7) is 1.91. The molecule has 2 aromatic carbocycles. The molecule has 2 amide bonds. The molecule has 0 saturated heterocycles. The molecule has 2 aromatic rings. The molecular formula is C23H19Cl2N3O4S. The lowest BCUT2D eigenvalue weighted by Crippen LogP contribution is -2.44. The summed E-state index contributed by atoms with van der Waals surface area (Å²) >= 11 is 12.8. The highest BCUT2D eigenvalue weighted by molar-refractivity contribution is 8.03. The molecule has 3 rings (SSSR count). The monoisotopic (exact) mass is 503 g/mol. The predicted molar refractivity (Wildman–Crippen MR) is 128 cm³/mol. The van der Waals surface area contributed by atoms with E-state index < -0.39 is 23.7 Å². The van der Waals surface area contributed by atoms with E-state index in [4.69, 9.17) is 27.9 Å². The van der Waals surface area contributed by atoms with Crippen LogP contribution in [0, 0.1) is 24.2 Å². The SMILES string of the molecule is COC(=O)[C@@H]1C(=O)NC(SCC(=O)Nc2ccc(Cl)c(Cl)c2)=C(C#N)[C@H]1c1ccc(C)cc1. The van der Waals surface area contributed by atoms with Gasteiger partial charge in [0.15, 0.2) is 0 Å². The quantitative estimate of drug-likeness (QED) is 0.446. The maximum atomic E-state index is 12.8. The number of carbonyl (C=O) groups is 3. The number of nitrogens with one attached hydrogen (secondary N) is 2. The van der Waals surface area contributed by atoms with Gasteiger partial charge in [-0.1, -0.05) is 64.8 Å². The number of aryl methyl sites for hydroxylation is 1. The number of hydrogen-bond acceptors (Lipinski definition) is 6. The Kier molecular flexibility index (Phi) is 8.03. The molecular weight excluding hydrogens is 485 g/mol. The molecule has 0 bridgehead atoms. The Balaban J connectivity index is 1.87. The van der Waals surface area contributed by atoms with Gasteiger partial charge >= 0.3 is 5.97 Å². The highest BCUT2D eigenvalue weighted by Gasteiger charge is 2.44. The topological polar surface area (TPSA) is 108 Å². The summed E-state index contributed by atoms with van der Waals surface area (Å²) in [7, 11) is 1.19. The highest BCUT2D eigenvalue weighted by atomic mass is 35.5. The Morgan fingerprint density at radius 3 is 2.48 bits per heavy atom. The fourth-order valence-corrected chi connectivity index (χ4v) is 4.51. The van der Waals surface area contributed by atoms with Crippen LogP contribution in [0.4, 0.5) is 5.69 Å². The number of nitriles is 1. The number of thioether (sulfide) groups is 1. The average Bonchev–Trinajstić information content (AvgIpc) is 2.79. The lowest BCUT2D eigenvalue weighted by Gasteiger charge is -2.31. The Labute approximate surface area is 205 Å². The van der Waals surface area contributed by atoms with Gasteiger partial charge in [0.25, 0.3) is 0 Å². The van der Waals surface area contributed by atoms with Crippen molar-refractivity contribution in [2.45, 2.75) is 12.8 Å². The third-order valence-corrected chi connectivity index (χ3v) is 6.73. The van der Waals surface area contributed by atoms with Gasteiger partial charge in [-0.05, 0) is 30.7 Å². The van der Waals surface area contributed by atoms with E-state index in [1.165, 1.54) is 13.2 Å². The molecule has 0 radical (unpaired) electrons. The van der Waals surface area contributed by atoms with Crippen molar-refractivity contribution in [3.8, 4) is 6.07 Å². The largest absolute Gasteiger partial charge is 0.468 e. The Hall–Kier alpha value is -2.99. The van der Waals surface area contributed by atoms with Crippen molar-refractivity contribution in [1.29, 1.82) is 5.26 Å². The molecule has 0 spiro atoms. The second-order valence-corrected chi connectivity index (χ2v) is 9.00. The Bertz CT molecular complexity index is 1180. The summed E-state index contributed by atoms with van der Waals surface area (Å²) in [4.78, 5) is 37.7. The van der Waals surface area contributed by atoms with Crippen LogP contribution in [-0.2, 0) is 19.1 Å². The zero-order valence-electron chi connectivity index (χ0n) is 17.6. The fraction of sp³-hybridized carbons (Fsp3) is 0.217. The first kappa shape index (κ1) is 24.6. The minimum Gasteiger partial charge on any atom is -0.468 e. The lowest BCUT2D eigenvalue weighted by atomic mass is 9.78. The summed E-state index contributed by atoms with van der Waals surface area (Å²) in [5.41, 5.74) is 2.26. The van der Waals surface area contributed by atoms with Gasteiger partial charge in [0, 0.05) is 11.6 Å². The first-order valence-corrected chi connectivity index (χ1v) is 11.5. The first-order valence-electron chi connectivity index (χ1n) is 9.72. The van der Waals surface area contributed by atoms with Gasteiger partial charge in [0.2, 0.25) is 11.8 Å². The highest BCUT2D eigenvalue weighted by Crippen LogP contribution is 2.40. The summed E-state index contributed by atoms with van der Waals surface area (Å²) < 4.78 is 4.82. The maximum Gasteiger partial charge on any atom is 0.319 e. The molecule has 33 heavy (non-hydrogen) atoms. The van der Waals surface area contributed by atoms with Crippen molar-refractivity contribution in [2.24, 2.45) is 5.92 Å². The van der Waals surface area contributed by atoms with E-state index in [1.807, 2.05) is 19.1 Å². The maximum absolute atomic E-state index is 12.8. The fourth-order valence-electron chi connectivity index (χ4n) is 3.36. The molecule has 170 valence electrons. The summed E-state index contributed by atoms with van der Waals surface area (Å²) in [6.07, 6.45) is 0. The van der Waals surface area contributed by atoms with Crippen LogP contribution in [0.1, 0.15) is 17.0 Å². The lowest BCUT2D eigenvalue weighted by molar-refractivity contribution is -0.150. The first-order chi connectivity index (χ1) is 15.7. The van der Waals surface area contributed by atoms with Gasteiger partial charge in [-0.3, -0.25) is 14.4 Å². The number of esters is 1. The van der Waals surface area contributed by atoms with E-state index in [0.29, 0.717) is 21.3 Å². The average molecular weight is 504 g/mol. The van der Waals surface area contributed by atoms with Crippen LogP contribution < -0.4 is 10.6 Å². The smallest absolute Gasteiger partial charge is 0.319 e. The summed E-state index contributed by atoms with van der Waals surface area (Å²) in [6, 6.07) is 14.0. The number of ether oxygens (including phenoxy) is 1. The second kappa shape index (κ2) is 10.8. The van der Waals surface area contributed by atoms with E-state index in [0.717, 1.165) is 17.3 Å². The third-order valence-electron chi connectivity index (χ3n) is 4.97. The number of anilines is 1. The van der Waals surface area contributed by atoms with Crippen molar-refractivity contribution >= 4 is 58.4 Å². The van der Waals surface area contributed by atoms with Crippen LogP contribution in [-0.4, -0.2) is 30.6 Å². The molecule has 0 aliphatic carbocycles. The number of benzene rings is 2. The third kappa shape index (κ3) is 5.69. The molecule has 10 heteroatoms. The zero-order valence-corrected chi connectivity index (χ0v) is 20.0. The van der Waals surface area contributed by atoms with E-state index in [-0.39, 0.29) is 22.3 Å². The molecule has 0 fully saturated rings. The van der Waals surface area contributed by atoms with E-state index in [2.05, 4.69) is 16.7 Å². The molecule has 2 N–H and O–H groups in total. The summed E-state index contributed by atoms with van der Waals surface area (Å²) in [5, 5.41) is 16.1. The van der Waals surface area contributed by atoms with E-state index in [1.54, 1.807) is 24.3 Å². The minimum atomic E-state index is -1.22. The van der Waals surface area contributed by atoms with Crippen molar-refractivity contribution in [1.82, 2.24) is 5.32 Å².